The number of aliphatic hydroxyl groups is 1. The highest BCUT2D eigenvalue weighted by atomic mass is 16.6. The van der Waals surface area contributed by atoms with E-state index in [2.05, 4.69) is 0 Å². The molecule has 152 valence electrons. The van der Waals surface area contributed by atoms with E-state index in [1.54, 1.807) is 11.9 Å². The zero-order chi connectivity index (χ0) is 20.6. The second kappa shape index (κ2) is 10.1. The molecule has 5 nitrogen and oxygen atoms in total. The molecule has 0 bridgehead atoms. The van der Waals surface area contributed by atoms with E-state index < -0.39 is 5.60 Å². The minimum atomic E-state index is -0.517. The summed E-state index contributed by atoms with van der Waals surface area (Å²) >= 11 is 0. The van der Waals surface area contributed by atoms with E-state index in [4.69, 9.17) is 14.6 Å². The number of benzene rings is 2. The number of hydrogen-bond acceptors (Lipinski definition) is 4. The monoisotopic (exact) mass is 385 g/mol. The first-order chi connectivity index (χ1) is 13.3. The van der Waals surface area contributed by atoms with E-state index in [9.17, 15) is 4.79 Å². The molecule has 1 unspecified atom stereocenters. The van der Waals surface area contributed by atoms with Gasteiger partial charge in [-0.15, -0.1) is 0 Å². The lowest BCUT2D eigenvalue weighted by Gasteiger charge is -2.26. The molecule has 2 rings (SSSR count). The summed E-state index contributed by atoms with van der Waals surface area (Å²) in [5.74, 6) is 0.760. The molecule has 0 heterocycles. The van der Waals surface area contributed by atoms with E-state index in [0.717, 1.165) is 16.9 Å². The summed E-state index contributed by atoms with van der Waals surface area (Å²) in [5.41, 5.74) is 1.60. The number of carbonyl (C=O) groups is 1. The first-order valence-corrected chi connectivity index (χ1v) is 9.64. The Hall–Kier alpha value is -2.53. The Bertz CT molecular complexity index is 723. The molecule has 0 saturated carbocycles. The maximum atomic E-state index is 12.2. The van der Waals surface area contributed by atoms with Gasteiger partial charge in [0.05, 0.1) is 0 Å². The molecule has 0 radical (unpaired) electrons. The molecule has 2 aromatic carbocycles. The summed E-state index contributed by atoms with van der Waals surface area (Å²) in [4.78, 5) is 13.8. The fraction of sp³-hybridized carbons (Fsp3) is 0.435. The Labute approximate surface area is 167 Å². The summed E-state index contributed by atoms with van der Waals surface area (Å²) in [5, 5.41) is 9.05. The molecular formula is C23H31NO4. The third-order valence-corrected chi connectivity index (χ3v) is 4.21. The van der Waals surface area contributed by atoms with Crippen LogP contribution in [0.3, 0.4) is 0 Å². The van der Waals surface area contributed by atoms with Gasteiger partial charge in [-0.2, -0.15) is 0 Å². The van der Waals surface area contributed by atoms with Gasteiger partial charge in [-0.3, -0.25) is 0 Å². The second-order valence-corrected chi connectivity index (χ2v) is 7.83. The SMILES string of the molecule is CN(CCC(Oc1ccc(CCO)cc1)c1ccccc1)C(=O)OC(C)(C)C. The molecule has 2 aromatic rings. The van der Waals surface area contributed by atoms with Crippen LogP contribution in [-0.2, 0) is 11.2 Å². The number of nitrogens with zero attached hydrogens (tertiary/aromatic N) is 1. The van der Waals surface area contributed by atoms with Crippen LogP contribution >= 0.6 is 0 Å². The largest absolute Gasteiger partial charge is 0.486 e. The molecule has 0 fully saturated rings. The normalized spacial score (nSPS) is 12.3. The van der Waals surface area contributed by atoms with Crippen LogP contribution in [0.15, 0.2) is 54.6 Å². The maximum Gasteiger partial charge on any atom is 0.410 e. The van der Waals surface area contributed by atoms with Gasteiger partial charge in [-0.05, 0) is 50.5 Å². The fourth-order valence-electron chi connectivity index (χ4n) is 2.73. The van der Waals surface area contributed by atoms with Crippen molar-refractivity contribution in [3.05, 3.63) is 65.7 Å². The van der Waals surface area contributed by atoms with Gasteiger partial charge in [-0.25, -0.2) is 4.79 Å². The molecule has 0 aromatic heterocycles. The molecular weight excluding hydrogens is 354 g/mol. The van der Waals surface area contributed by atoms with Gasteiger partial charge in [-0.1, -0.05) is 42.5 Å². The van der Waals surface area contributed by atoms with Gasteiger partial charge in [0.2, 0.25) is 0 Å². The summed E-state index contributed by atoms with van der Waals surface area (Å²) < 4.78 is 11.6. The van der Waals surface area contributed by atoms with Crippen molar-refractivity contribution in [2.45, 2.75) is 45.3 Å². The fourth-order valence-corrected chi connectivity index (χ4v) is 2.73. The molecule has 0 aliphatic heterocycles. The van der Waals surface area contributed by atoms with E-state index >= 15 is 0 Å². The van der Waals surface area contributed by atoms with Crippen molar-refractivity contribution in [3.63, 3.8) is 0 Å². The van der Waals surface area contributed by atoms with Gasteiger partial charge in [0, 0.05) is 26.6 Å². The lowest BCUT2D eigenvalue weighted by molar-refractivity contribution is 0.0278. The number of rotatable bonds is 8. The van der Waals surface area contributed by atoms with Crippen LogP contribution < -0.4 is 4.74 Å². The standard InChI is InChI=1S/C23H31NO4/c1-23(2,3)28-22(26)24(4)16-14-21(19-8-6-5-7-9-19)27-20-12-10-18(11-13-20)15-17-25/h5-13,21,25H,14-17H2,1-4H3. The van der Waals surface area contributed by atoms with Crippen molar-refractivity contribution in [1.82, 2.24) is 4.90 Å². The highest BCUT2D eigenvalue weighted by Gasteiger charge is 2.21. The third-order valence-electron chi connectivity index (χ3n) is 4.21. The van der Waals surface area contributed by atoms with E-state index in [1.807, 2.05) is 75.4 Å². The van der Waals surface area contributed by atoms with E-state index in [0.29, 0.717) is 19.4 Å². The van der Waals surface area contributed by atoms with Crippen molar-refractivity contribution >= 4 is 6.09 Å². The molecule has 0 aliphatic carbocycles. The topological polar surface area (TPSA) is 59.0 Å². The molecule has 1 N–H and O–H groups in total. The first-order valence-electron chi connectivity index (χ1n) is 9.64. The average molecular weight is 386 g/mol. The molecule has 1 atom stereocenters. The molecule has 1 amide bonds. The smallest absolute Gasteiger partial charge is 0.410 e. The lowest BCUT2D eigenvalue weighted by Crippen LogP contribution is -2.35. The highest BCUT2D eigenvalue weighted by molar-refractivity contribution is 5.67. The number of amides is 1. The average Bonchev–Trinajstić information content (AvgIpc) is 2.65. The van der Waals surface area contributed by atoms with Crippen LogP contribution in [0.2, 0.25) is 0 Å². The van der Waals surface area contributed by atoms with Crippen molar-refractivity contribution in [3.8, 4) is 5.75 Å². The summed E-state index contributed by atoms with van der Waals surface area (Å²) in [6, 6.07) is 17.7. The van der Waals surface area contributed by atoms with Crippen LogP contribution in [-0.4, -0.2) is 41.9 Å². The predicted molar refractivity (Wildman–Crippen MR) is 111 cm³/mol. The minimum Gasteiger partial charge on any atom is -0.486 e. The summed E-state index contributed by atoms with van der Waals surface area (Å²) in [7, 11) is 1.74. The Morgan fingerprint density at radius 1 is 1.07 bits per heavy atom. The Morgan fingerprint density at radius 2 is 1.71 bits per heavy atom. The van der Waals surface area contributed by atoms with Gasteiger partial charge in [0.25, 0.3) is 0 Å². The second-order valence-electron chi connectivity index (χ2n) is 7.83. The summed E-state index contributed by atoms with van der Waals surface area (Å²) in [6.07, 6.45) is 0.740. The van der Waals surface area contributed by atoms with Crippen LogP contribution in [0.1, 0.15) is 44.4 Å². The quantitative estimate of drug-likeness (QED) is 0.721. The first kappa shape index (κ1) is 21.8. The van der Waals surface area contributed by atoms with E-state index in [1.165, 1.54) is 0 Å². The Balaban J connectivity index is 2.05. The Kier molecular flexibility index (Phi) is 7.88. The molecule has 0 saturated heterocycles. The van der Waals surface area contributed by atoms with Crippen LogP contribution in [0, 0.1) is 0 Å². The van der Waals surface area contributed by atoms with Gasteiger partial charge in [0.15, 0.2) is 0 Å². The van der Waals surface area contributed by atoms with Crippen LogP contribution in [0.5, 0.6) is 5.75 Å². The zero-order valence-electron chi connectivity index (χ0n) is 17.2. The van der Waals surface area contributed by atoms with Gasteiger partial charge in [0.1, 0.15) is 17.5 Å². The van der Waals surface area contributed by atoms with Gasteiger partial charge >= 0.3 is 6.09 Å². The number of carbonyl (C=O) groups excluding carboxylic acids is 1. The van der Waals surface area contributed by atoms with E-state index in [-0.39, 0.29) is 18.8 Å². The van der Waals surface area contributed by atoms with Crippen molar-refractivity contribution in [1.29, 1.82) is 0 Å². The van der Waals surface area contributed by atoms with Crippen molar-refractivity contribution in [2.75, 3.05) is 20.2 Å². The maximum absolute atomic E-state index is 12.2. The van der Waals surface area contributed by atoms with Crippen LogP contribution in [0.4, 0.5) is 4.79 Å². The summed E-state index contributed by atoms with van der Waals surface area (Å²) in [6.45, 7) is 6.21. The Morgan fingerprint density at radius 3 is 2.29 bits per heavy atom. The molecule has 0 spiro atoms. The van der Waals surface area contributed by atoms with Gasteiger partial charge < -0.3 is 19.5 Å². The van der Waals surface area contributed by atoms with Crippen LogP contribution in [0.25, 0.3) is 0 Å². The van der Waals surface area contributed by atoms with Crippen molar-refractivity contribution in [2.24, 2.45) is 0 Å². The number of hydrogen-bond donors (Lipinski definition) is 1. The third kappa shape index (κ3) is 7.24. The number of aliphatic hydroxyl groups excluding tert-OH is 1. The molecule has 5 heteroatoms. The predicted octanol–water partition coefficient (Wildman–Crippen LogP) is 4.60. The molecule has 28 heavy (non-hydrogen) atoms. The lowest BCUT2D eigenvalue weighted by atomic mass is 10.1. The zero-order valence-corrected chi connectivity index (χ0v) is 17.2. The number of ether oxygens (including phenoxy) is 2. The highest BCUT2D eigenvalue weighted by Crippen LogP contribution is 2.25. The molecule has 0 aliphatic rings. The minimum absolute atomic E-state index is 0.129. The van der Waals surface area contributed by atoms with Crippen molar-refractivity contribution < 1.29 is 19.4 Å².